The van der Waals surface area contributed by atoms with Crippen LogP contribution in [0.3, 0.4) is 0 Å². The first kappa shape index (κ1) is 10.5. The van der Waals surface area contributed by atoms with E-state index < -0.39 is 6.17 Å². The van der Waals surface area contributed by atoms with Crippen LogP contribution in [-0.4, -0.2) is 20.2 Å². The van der Waals surface area contributed by atoms with Crippen molar-refractivity contribution in [3.63, 3.8) is 0 Å². The van der Waals surface area contributed by atoms with Gasteiger partial charge in [-0.25, -0.2) is 8.78 Å². The third kappa shape index (κ3) is 2.01. The average Bonchev–Trinajstić information content (AvgIpc) is 2.22. The van der Waals surface area contributed by atoms with E-state index in [2.05, 4.69) is 5.32 Å². The normalized spacial score (nSPS) is 25.0. The minimum absolute atomic E-state index is 0.0466. The van der Waals surface area contributed by atoms with Gasteiger partial charge < -0.3 is 10.1 Å². The summed E-state index contributed by atoms with van der Waals surface area (Å²) in [4.78, 5) is 0. The molecule has 1 aliphatic rings. The van der Waals surface area contributed by atoms with Gasteiger partial charge in [0.25, 0.3) is 0 Å². The fourth-order valence-corrected chi connectivity index (χ4v) is 1.84. The van der Waals surface area contributed by atoms with Crippen LogP contribution in [0.15, 0.2) is 18.2 Å². The summed E-state index contributed by atoms with van der Waals surface area (Å²) in [5.41, 5.74) is 1.16. The number of benzene rings is 1. The minimum atomic E-state index is -1.14. The molecule has 0 unspecified atom stereocenters. The number of ether oxygens (including phenoxy) is 1. The second-order valence-electron chi connectivity index (χ2n) is 3.62. The van der Waals surface area contributed by atoms with Crippen LogP contribution in [0.5, 0.6) is 0 Å². The van der Waals surface area contributed by atoms with E-state index >= 15 is 0 Å². The molecule has 0 saturated heterocycles. The van der Waals surface area contributed by atoms with Crippen LogP contribution >= 0.6 is 0 Å². The molecule has 2 rings (SSSR count). The molecule has 0 spiro atoms. The number of fused-ring (bicyclic) bond motifs is 1. The molecule has 1 aliphatic heterocycles. The third-order valence-corrected chi connectivity index (χ3v) is 2.57. The third-order valence-electron chi connectivity index (χ3n) is 2.57. The molecule has 2 atom stereocenters. The molecular formula is C11H13F2NO. The number of alkyl halides is 1. The molecule has 0 fully saturated rings. The van der Waals surface area contributed by atoms with E-state index in [0.717, 1.165) is 0 Å². The molecule has 1 aromatic rings. The number of nitrogens with one attached hydrogen (secondary N) is 1. The molecule has 2 nitrogen and oxygen atoms in total. The Balaban J connectivity index is 2.37. The molecule has 0 aromatic heterocycles. The lowest BCUT2D eigenvalue weighted by Gasteiger charge is -2.28. The molecule has 1 aromatic carbocycles. The lowest BCUT2D eigenvalue weighted by atomic mass is 9.96. The van der Waals surface area contributed by atoms with E-state index in [-0.39, 0.29) is 18.5 Å². The Kier molecular flexibility index (Phi) is 2.98. The minimum Gasteiger partial charge on any atom is -0.369 e. The van der Waals surface area contributed by atoms with Crippen LogP contribution in [0.4, 0.5) is 8.78 Å². The smallest absolute Gasteiger partial charge is 0.149 e. The lowest BCUT2D eigenvalue weighted by Crippen LogP contribution is -2.26. The van der Waals surface area contributed by atoms with Gasteiger partial charge in [-0.05, 0) is 30.3 Å². The predicted molar refractivity (Wildman–Crippen MR) is 52.9 cm³/mol. The molecule has 4 heteroatoms. The first-order valence-corrected chi connectivity index (χ1v) is 4.92. The summed E-state index contributed by atoms with van der Waals surface area (Å²) in [6.07, 6.45) is -1.40. The zero-order valence-electron chi connectivity index (χ0n) is 8.47. The van der Waals surface area contributed by atoms with Gasteiger partial charge in [0.15, 0.2) is 0 Å². The lowest BCUT2D eigenvalue weighted by molar-refractivity contribution is 0.000311. The van der Waals surface area contributed by atoms with E-state index in [4.69, 9.17) is 4.74 Å². The van der Waals surface area contributed by atoms with Crippen molar-refractivity contribution in [2.45, 2.75) is 12.3 Å². The number of hydrogen-bond acceptors (Lipinski definition) is 2. The van der Waals surface area contributed by atoms with Gasteiger partial charge in [0.1, 0.15) is 12.0 Å². The fourth-order valence-electron chi connectivity index (χ4n) is 1.84. The Morgan fingerprint density at radius 3 is 3.00 bits per heavy atom. The summed E-state index contributed by atoms with van der Waals surface area (Å²) < 4.78 is 31.8. The number of halogens is 2. The highest BCUT2D eigenvalue weighted by molar-refractivity contribution is 5.33. The average molecular weight is 213 g/mol. The second-order valence-corrected chi connectivity index (χ2v) is 3.62. The van der Waals surface area contributed by atoms with Crippen LogP contribution in [-0.2, 0) is 4.74 Å². The molecule has 0 aliphatic carbocycles. The van der Waals surface area contributed by atoms with Crippen molar-refractivity contribution >= 4 is 0 Å². The van der Waals surface area contributed by atoms with E-state index in [1.165, 1.54) is 18.2 Å². The van der Waals surface area contributed by atoms with Crippen LogP contribution in [0, 0.1) is 5.82 Å². The topological polar surface area (TPSA) is 21.3 Å². The molecule has 0 radical (unpaired) electrons. The highest BCUT2D eigenvalue weighted by atomic mass is 19.1. The van der Waals surface area contributed by atoms with E-state index in [1.807, 2.05) is 0 Å². The predicted octanol–water partition coefficient (Wildman–Crippen LogP) is 2.13. The molecule has 82 valence electrons. The van der Waals surface area contributed by atoms with E-state index in [0.29, 0.717) is 17.7 Å². The first-order valence-electron chi connectivity index (χ1n) is 4.92. The van der Waals surface area contributed by atoms with Gasteiger partial charge in [-0.3, -0.25) is 0 Å². The fraction of sp³-hybridized carbons (Fsp3) is 0.455. The van der Waals surface area contributed by atoms with E-state index in [1.54, 1.807) is 7.05 Å². The summed E-state index contributed by atoms with van der Waals surface area (Å²) in [6, 6.07) is 4.14. The first-order chi connectivity index (χ1) is 7.22. The highest BCUT2D eigenvalue weighted by Crippen LogP contribution is 2.34. The maximum absolute atomic E-state index is 13.5. The van der Waals surface area contributed by atoms with Crippen molar-refractivity contribution in [1.29, 1.82) is 0 Å². The Hall–Kier alpha value is -1.00. The quantitative estimate of drug-likeness (QED) is 0.812. The van der Waals surface area contributed by atoms with Crippen molar-refractivity contribution in [3.05, 3.63) is 35.1 Å². The standard InChI is InChI=1S/C11H13F2NO/c1-14-5-11-9-4-7(12)2-3-8(9)10(13)6-15-11/h2-4,10-11,14H,5-6H2,1H3/t10-,11-/m0/s1. The number of rotatable bonds is 2. The maximum Gasteiger partial charge on any atom is 0.149 e. The van der Waals surface area contributed by atoms with Gasteiger partial charge in [-0.1, -0.05) is 6.07 Å². The zero-order chi connectivity index (χ0) is 10.8. The van der Waals surface area contributed by atoms with Crippen LogP contribution in [0.25, 0.3) is 0 Å². The van der Waals surface area contributed by atoms with Gasteiger partial charge in [0.05, 0.1) is 12.7 Å². The molecule has 0 saturated carbocycles. The van der Waals surface area contributed by atoms with Crippen LogP contribution in [0.1, 0.15) is 23.4 Å². The summed E-state index contributed by atoms with van der Waals surface area (Å²) in [7, 11) is 1.78. The second kappa shape index (κ2) is 4.24. The van der Waals surface area contributed by atoms with Gasteiger partial charge in [-0.2, -0.15) is 0 Å². The summed E-state index contributed by atoms with van der Waals surface area (Å²) in [5.74, 6) is -0.354. The largest absolute Gasteiger partial charge is 0.369 e. The van der Waals surface area contributed by atoms with Gasteiger partial charge in [-0.15, -0.1) is 0 Å². The SMILES string of the molecule is CNC[C@@H]1OC[C@H](F)c2ccc(F)cc21. The molecule has 1 heterocycles. The molecule has 1 N–H and O–H groups in total. The van der Waals surface area contributed by atoms with Crippen molar-refractivity contribution < 1.29 is 13.5 Å². The summed E-state index contributed by atoms with van der Waals surface area (Å²) >= 11 is 0. The van der Waals surface area contributed by atoms with Crippen LogP contribution < -0.4 is 5.32 Å². The molecule has 0 amide bonds. The van der Waals surface area contributed by atoms with Crippen molar-refractivity contribution in [3.8, 4) is 0 Å². The van der Waals surface area contributed by atoms with Gasteiger partial charge in [0.2, 0.25) is 0 Å². The zero-order valence-corrected chi connectivity index (χ0v) is 8.47. The van der Waals surface area contributed by atoms with Crippen molar-refractivity contribution in [2.24, 2.45) is 0 Å². The molecule has 15 heavy (non-hydrogen) atoms. The van der Waals surface area contributed by atoms with Crippen LogP contribution in [0.2, 0.25) is 0 Å². The van der Waals surface area contributed by atoms with Gasteiger partial charge >= 0.3 is 0 Å². The van der Waals surface area contributed by atoms with E-state index in [9.17, 15) is 8.78 Å². The maximum atomic E-state index is 13.5. The Morgan fingerprint density at radius 1 is 1.47 bits per heavy atom. The van der Waals surface area contributed by atoms with Gasteiger partial charge in [0, 0.05) is 6.54 Å². The Labute approximate surface area is 87.2 Å². The summed E-state index contributed by atoms with van der Waals surface area (Å²) in [5, 5.41) is 2.94. The number of hydrogen-bond donors (Lipinski definition) is 1. The van der Waals surface area contributed by atoms with Crippen molar-refractivity contribution in [1.82, 2.24) is 5.32 Å². The van der Waals surface area contributed by atoms with Crippen molar-refractivity contribution in [2.75, 3.05) is 20.2 Å². The Bertz CT molecular complexity index is 356. The molecule has 0 bridgehead atoms. The molecular weight excluding hydrogens is 200 g/mol. The highest BCUT2D eigenvalue weighted by Gasteiger charge is 2.27. The summed E-state index contributed by atoms with van der Waals surface area (Å²) in [6.45, 7) is 0.605. The Morgan fingerprint density at radius 2 is 2.27 bits per heavy atom. The number of likely N-dealkylation sites (N-methyl/N-ethyl adjacent to an activating group) is 1. The monoisotopic (exact) mass is 213 g/mol.